The number of nitrogens with zero attached hydrogens (tertiary/aromatic N) is 4. The summed E-state index contributed by atoms with van der Waals surface area (Å²) in [5.74, 6) is 2.71. The smallest absolute Gasteiger partial charge is 0.193 e. The quantitative estimate of drug-likeness (QED) is 0.355. The van der Waals surface area contributed by atoms with E-state index in [0.717, 1.165) is 69.0 Å². The first-order valence-electron chi connectivity index (χ1n) is 9.76. The van der Waals surface area contributed by atoms with Gasteiger partial charge < -0.3 is 19.6 Å². The number of hydrogen-bond acceptors (Lipinski definition) is 4. The molecule has 0 aromatic carbocycles. The van der Waals surface area contributed by atoms with Crippen molar-refractivity contribution in [3.05, 3.63) is 17.0 Å². The van der Waals surface area contributed by atoms with Gasteiger partial charge >= 0.3 is 0 Å². The van der Waals surface area contributed by atoms with Crippen LogP contribution in [-0.2, 0) is 6.42 Å². The number of rotatable bonds is 8. The standard InChI is InChI=1S/C19H35N5O.HI/c1-6-20-19(21-11-9-18-15(4)22-25-16(18)5)24-12-10-17(14-24)13-23(7-2)8-3;/h17H,6-14H2,1-5H3,(H,20,21);1H. The Labute approximate surface area is 175 Å². The van der Waals surface area contributed by atoms with Crippen LogP contribution in [-0.4, -0.2) is 66.7 Å². The Balaban J connectivity index is 0.00000338. The lowest BCUT2D eigenvalue weighted by molar-refractivity contribution is 0.255. The first kappa shape index (κ1) is 23.2. The average molecular weight is 477 g/mol. The van der Waals surface area contributed by atoms with Crippen molar-refractivity contribution < 1.29 is 4.52 Å². The van der Waals surface area contributed by atoms with Gasteiger partial charge in [-0.05, 0) is 52.6 Å². The summed E-state index contributed by atoms with van der Waals surface area (Å²) in [5, 5.41) is 7.49. The SMILES string of the molecule is CCNC(=NCCc1c(C)noc1C)N1CCC(CN(CC)CC)C1.I. The van der Waals surface area contributed by atoms with Crippen molar-refractivity contribution in [1.82, 2.24) is 20.3 Å². The third-order valence-electron chi connectivity index (χ3n) is 5.14. The molecule has 0 amide bonds. The van der Waals surface area contributed by atoms with E-state index in [1.54, 1.807) is 0 Å². The fourth-order valence-electron chi connectivity index (χ4n) is 3.58. The molecule has 6 nitrogen and oxygen atoms in total. The number of aliphatic imine (C=N–C) groups is 1. The second-order valence-electron chi connectivity index (χ2n) is 6.87. The van der Waals surface area contributed by atoms with Crippen molar-refractivity contribution in [2.45, 2.75) is 47.5 Å². The fourth-order valence-corrected chi connectivity index (χ4v) is 3.58. The lowest BCUT2D eigenvalue weighted by atomic mass is 10.1. The van der Waals surface area contributed by atoms with E-state index >= 15 is 0 Å². The molecule has 1 aliphatic heterocycles. The molecule has 1 aliphatic rings. The van der Waals surface area contributed by atoms with Gasteiger partial charge in [-0.15, -0.1) is 24.0 Å². The summed E-state index contributed by atoms with van der Waals surface area (Å²) >= 11 is 0. The number of halogens is 1. The van der Waals surface area contributed by atoms with E-state index in [9.17, 15) is 0 Å². The lowest BCUT2D eigenvalue weighted by Crippen LogP contribution is -2.41. The molecule has 26 heavy (non-hydrogen) atoms. The zero-order chi connectivity index (χ0) is 18.2. The van der Waals surface area contributed by atoms with Crippen LogP contribution in [0.4, 0.5) is 0 Å². The number of likely N-dealkylation sites (tertiary alicyclic amines) is 1. The van der Waals surface area contributed by atoms with E-state index in [1.807, 2.05) is 13.8 Å². The zero-order valence-corrected chi connectivity index (χ0v) is 19.4. The van der Waals surface area contributed by atoms with Crippen molar-refractivity contribution >= 4 is 29.9 Å². The predicted molar refractivity (Wildman–Crippen MR) is 119 cm³/mol. The number of aryl methyl sites for hydroxylation is 2. The Kier molecular flexibility index (Phi) is 10.5. The summed E-state index contributed by atoms with van der Waals surface area (Å²) in [6, 6.07) is 0. The Morgan fingerprint density at radius 1 is 1.31 bits per heavy atom. The summed E-state index contributed by atoms with van der Waals surface area (Å²) in [7, 11) is 0. The molecule has 1 saturated heterocycles. The van der Waals surface area contributed by atoms with Gasteiger partial charge in [-0.25, -0.2) is 0 Å². The van der Waals surface area contributed by atoms with Gasteiger partial charge in [-0.2, -0.15) is 0 Å². The molecule has 0 saturated carbocycles. The Hall–Kier alpha value is -0.830. The minimum Gasteiger partial charge on any atom is -0.361 e. The number of guanidine groups is 1. The van der Waals surface area contributed by atoms with Gasteiger partial charge in [0.05, 0.1) is 5.69 Å². The molecule has 1 atom stereocenters. The second kappa shape index (κ2) is 11.8. The molecule has 7 heteroatoms. The van der Waals surface area contributed by atoms with Crippen molar-refractivity contribution in [3.63, 3.8) is 0 Å². The highest BCUT2D eigenvalue weighted by Gasteiger charge is 2.25. The van der Waals surface area contributed by atoms with Gasteiger partial charge in [0, 0.05) is 38.3 Å². The van der Waals surface area contributed by atoms with Crippen LogP contribution in [0.15, 0.2) is 9.52 Å². The summed E-state index contributed by atoms with van der Waals surface area (Å²) in [5.41, 5.74) is 2.18. The van der Waals surface area contributed by atoms with E-state index in [-0.39, 0.29) is 24.0 Å². The first-order valence-corrected chi connectivity index (χ1v) is 9.76. The van der Waals surface area contributed by atoms with Crippen LogP contribution in [0, 0.1) is 19.8 Å². The summed E-state index contributed by atoms with van der Waals surface area (Å²) < 4.78 is 5.24. The van der Waals surface area contributed by atoms with E-state index < -0.39 is 0 Å². The maximum atomic E-state index is 5.24. The molecule has 150 valence electrons. The summed E-state index contributed by atoms with van der Waals surface area (Å²) in [6.45, 7) is 17.9. The van der Waals surface area contributed by atoms with Gasteiger partial charge in [-0.1, -0.05) is 19.0 Å². The fraction of sp³-hybridized carbons (Fsp3) is 0.789. The maximum absolute atomic E-state index is 5.24. The van der Waals surface area contributed by atoms with Crippen LogP contribution in [0.1, 0.15) is 44.2 Å². The van der Waals surface area contributed by atoms with Crippen LogP contribution in [0.2, 0.25) is 0 Å². The van der Waals surface area contributed by atoms with Gasteiger partial charge in [0.25, 0.3) is 0 Å². The highest BCUT2D eigenvalue weighted by atomic mass is 127. The van der Waals surface area contributed by atoms with Crippen LogP contribution >= 0.6 is 24.0 Å². The van der Waals surface area contributed by atoms with E-state index in [2.05, 4.69) is 41.0 Å². The number of nitrogens with one attached hydrogen (secondary N) is 1. The Bertz CT molecular complexity index is 537. The molecule has 2 rings (SSSR count). The summed E-state index contributed by atoms with van der Waals surface area (Å²) in [4.78, 5) is 9.80. The third kappa shape index (κ3) is 6.40. The topological polar surface area (TPSA) is 56.9 Å². The molecule has 0 spiro atoms. The van der Waals surface area contributed by atoms with Crippen LogP contribution in [0.25, 0.3) is 0 Å². The normalized spacial score (nSPS) is 17.7. The van der Waals surface area contributed by atoms with Crippen molar-refractivity contribution in [1.29, 1.82) is 0 Å². The molecule has 2 heterocycles. The van der Waals surface area contributed by atoms with Crippen molar-refractivity contribution in [2.75, 3.05) is 45.8 Å². The monoisotopic (exact) mass is 477 g/mol. The average Bonchev–Trinajstić information content (AvgIpc) is 3.20. The van der Waals surface area contributed by atoms with Crippen LogP contribution in [0.5, 0.6) is 0 Å². The molecule has 1 fully saturated rings. The molecule has 0 bridgehead atoms. The largest absolute Gasteiger partial charge is 0.361 e. The van der Waals surface area contributed by atoms with Crippen LogP contribution in [0.3, 0.4) is 0 Å². The molecular weight excluding hydrogens is 441 g/mol. The Morgan fingerprint density at radius 2 is 2.04 bits per heavy atom. The highest BCUT2D eigenvalue weighted by molar-refractivity contribution is 14.0. The molecule has 1 aromatic heterocycles. The van der Waals surface area contributed by atoms with Gasteiger partial charge in [0.1, 0.15) is 5.76 Å². The molecule has 0 aliphatic carbocycles. The van der Waals surface area contributed by atoms with E-state index in [4.69, 9.17) is 9.52 Å². The zero-order valence-electron chi connectivity index (χ0n) is 17.0. The molecule has 1 aromatic rings. The number of aromatic nitrogens is 1. The van der Waals surface area contributed by atoms with E-state index in [0.29, 0.717) is 0 Å². The van der Waals surface area contributed by atoms with Crippen LogP contribution < -0.4 is 5.32 Å². The van der Waals surface area contributed by atoms with Gasteiger partial charge in [0.15, 0.2) is 5.96 Å². The Morgan fingerprint density at radius 3 is 2.62 bits per heavy atom. The third-order valence-corrected chi connectivity index (χ3v) is 5.14. The molecule has 1 N–H and O–H groups in total. The first-order chi connectivity index (χ1) is 12.1. The van der Waals surface area contributed by atoms with E-state index in [1.165, 1.54) is 18.5 Å². The minimum atomic E-state index is 0. The predicted octanol–water partition coefficient (Wildman–Crippen LogP) is 3.08. The van der Waals surface area contributed by atoms with Gasteiger partial charge in [-0.3, -0.25) is 4.99 Å². The highest BCUT2D eigenvalue weighted by Crippen LogP contribution is 2.18. The van der Waals surface area contributed by atoms with Crippen molar-refractivity contribution in [2.24, 2.45) is 10.9 Å². The van der Waals surface area contributed by atoms with Gasteiger partial charge in [0.2, 0.25) is 0 Å². The minimum absolute atomic E-state index is 0. The second-order valence-corrected chi connectivity index (χ2v) is 6.87. The maximum Gasteiger partial charge on any atom is 0.193 e. The van der Waals surface area contributed by atoms with Crippen molar-refractivity contribution in [3.8, 4) is 0 Å². The molecule has 1 unspecified atom stereocenters. The lowest BCUT2D eigenvalue weighted by Gasteiger charge is -2.24. The molecule has 0 radical (unpaired) electrons. The molecular formula is C19H36IN5O. The number of hydrogen-bond donors (Lipinski definition) is 1. The summed E-state index contributed by atoms with van der Waals surface area (Å²) in [6.07, 6.45) is 2.14.